The molecule has 12 heteroatoms. The van der Waals surface area contributed by atoms with Crippen molar-refractivity contribution in [2.24, 2.45) is 0 Å². The smallest absolute Gasteiger partial charge is 0.391 e. The number of carbonyl (C=O) groups is 1. The van der Waals surface area contributed by atoms with E-state index in [1.807, 2.05) is 0 Å². The van der Waals surface area contributed by atoms with Crippen LogP contribution in [0.4, 0.5) is 13.2 Å². The van der Waals surface area contributed by atoms with Crippen molar-refractivity contribution in [3.63, 3.8) is 0 Å². The lowest BCUT2D eigenvalue weighted by Crippen LogP contribution is -2.38. The summed E-state index contributed by atoms with van der Waals surface area (Å²) in [5, 5.41) is 11.9. The molecule has 1 aliphatic rings. The van der Waals surface area contributed by atoms with Crippen LogP contribution >= 0.6 is 0 Å². The van der Waals surface area contributed by atoms with Gasteiger partial charge in [-0.15, -0.1) is 0 Å². The van der Waals surface area contributed by atoms with Gasteiger partial charge in [-0.25, -0.2) is 8.42 Å². The molecular formula is C18H24F3N3O5S. The van der Waals surface area contributed by atoms with Crippen molar-refractivity contribution in [3.8, 4) is 0 Å². The Morgan fingerprint density at radius 3 is 2.70 bits per heavy atom. The minimum Gasteiger partial charge on any atom is -0.391 e. The number of nitrogens with one attached hydrogen (secondary N) is 2. The lowest BCUT2D eigenvalue weighted by atomic mass is 10.2. The van der Waals surface area contributed by atoms with E-state index in [1.54, 1.807) is 6.92 Å². The molecule has 1 aromatic rings. The molecule has 30 heavy (non-hydrogen) atoms. The van der Waals surface area contributed by atoms with Gasteiger partial charge in [0.05, 0.1) is 16.6 Å². The van der Waals surface area contributed by atoms with Crippen molar-refractivity contribution in [1.29, 1.82) is 0 Å². The number of aliphatic hydroxyl groups is 1. The number of hydrogen-bond donors (Lipinski definition) is 3. The monoisotopic (exact) mass is 451 g/mol. The lowest BCUT2D eigenvalue weighted by molar-refractivity contribution is -0.137. The summed E-state index contributed by atoms with van der Waals surface area (Å²) in [6.07, 6.45) is -3.01. The van der Waals surface area contributed by atoms with Crippen LogP contribution in [0.25, 0.3) is 0 Å². The Hall–Kier alpha value is -2.15. The maximum atomic E-state index is 12.8. The first kappa shape index (κ1) is 24.1. The Bertz CT molecular complexity index is 874. The van der Waals surface area contributed by atoms with Crippen molar-refractivity contribution in [3.05, 3.63) is 41.6 Å². The first-order valence-electron chi connectivity index (χ1n) is 9.23. The van der Waals surface area contributed by atoms with Gasteiger partial charge in [0.25, 0.3) is 0 Å². The third kappa shape index (κ3) is 6.69. The molecule has 1 unspecified atom stereocenters. The summed E-state index contributed by atoms with van der Waals surface area (Å²) < 4.78 is 64.9. The van der Waals surface area contributed by atoms with Crippen molar-refractivity contribution in [1.82, 2.24) is 15.1 Å². The number of rotatable bonds is 9. The fourth-order valence-corrected chi connectivity index (χ4v) is 3.99. The zero-order valence-corrected chi connectivity index (χ0v) is 17.1. The molecule has 2 rings (SSSR count). The number of carbonyl (C=O) groups excluding carboxylic acids is 1. The molecule has 1 aliphatic heterocycles. The number of amides is 1. The van der Waals surface area contributed by atoms with Gasteiger partial charge in [0.2, 0.25) is 15.9 Å². The number of nitrogens with zero attached hydrogens (tertiary/aromatic N) is 1. The van der Waals surface area contributed by atoms with Crippen LogP contribution in [0.5, 0.6) is 0 Å². The average Bonchev–Trinajstić information content (AvgIpc) is 2.72. The van der Waals surface area contributed by atoms with Gasteiger partial charge in [-0.05, 0) is 30.7 Å². The summed E-state index contributed by atoms with van der Waals surface area (Å²) >= 11 is 0. The topological polar surface area (TPSA) is 108 Å². The van der Waals surface area contributed by atoms with Crippen LogP contribution in [0.3, 0.4) is 0 Å². The second kappa shape index (κ2) is 10.2. The van der Waals surface area contributed by atoms with E-state index in [4.69, 9.17) is 4.84 Å². The number of aliphatic hydroxyl groups excluding tert-OH is 1. The Balaban J connectivity index is 1.89. The summed E-state index contributed by atoms with van der Waals surface area (Å²) in [5.74, 6) is -0.430. The van der Waals surface area contributed by atoms with E-state index in [0.29, 0.717) is 18.2 Å². The quantitative estimate of drug-likeness (QED) is 0.490. The van der Waals surface area contributed by atoms with Gasteiger partial charge in [-0.1, -0.05) is 13.0 Å². The third-order valence-electron chi connectivity index (χ3n) is 4.38. The number of alkyl halides is 3. The van der Waals surface area contributed by atoms with Gasteiger partial charge in [0.1, 0.15) is 0 Å². The summed E-state index contributed by atoms with van der Waals surface area (Å²) in [6, 6.07) is 3.61. The number of benzene rings is 1. The highest BCUT2D eigenvalue weighted by Gasteiger charge is 2.33. The molecule has 1 aromatic carbocycles. The molecule has 1 atom stereocenters. The van der Waals surface area contributed by atoms with Gasteiger partial charge >= 0.3 is 6.18 Å². The molecule has 0 aromatic heterocycles. The molecule has 0 spiro atoms. The van der Waals surface area contributed by atoms with E-state index < -0.39 is 38.7 Å². The zero-order chi connectivity index (χ0) is 22.4. The first-order valence-corrected chi connectivity index (χ1v) is 10.7. The van der Waals surface area contributed by atoms with Crippen LogP contribution in [-0.4, -0.2) is 56.1 Å². The first-order chi connectivity index (χ1) is 14.0. The Kier molecular flexibility index (Phi) is 8.24. The van der Waals surface area contributed by atoms with Crippen molar-refractivity contribution in [2.45, 2.75) is 36.9 Å². The molecule has 3 N–H and O–H groups in total. The maximum absolute atomic E-state index is 12.8. The second-order valence-electron chi connectivity index (χ2n) is 6.62. The summed E-state index contributed by atoms with van der Waals surface area (Å²) in [4.78, 5) is 16.2. The number of sulfonamides is 1. The predicted octanol–water partition coefficient (Wildman–Crippen LogP) is 1.39. The third-order valence-corrected chi connectivity index (χ3v) is 6.24. The van der Waals surface area contributed by atoms with Gasteiger partial charge in [-0.2, -0.15) is 17.5 Å². The molecule has 0 fully saturated rings. The largest absolute Gasteiger partial charge is 0.416 e. The number of halogens is 3. The van der Waals surface area contributed by atoms with Crippen molar-refractivity contribution >= 4 is 15.9 Å². The van der Waals surface area contributed by atoms with Crippen molar-refractivity contribution in [2.75, 3.05) is 26.2 Å². The molecule has 0 aliphatic carbocycles. The fraction of sp³-hybridized carbons (Fsp3) is 0.500. The minimum atomic E-state index is -4.64. The highest BCUT2D eigenvalue weighted by atomic mass is 32.2. The highest BCUT2D eigenvalue weighted by molar-refractivity contribution is 7.89. The normalized spacial score (nSPS) is 16.6. The van der Waals surface area contributed by atoms with Gasteiger partial charge in [0.15, 0.2) is 6.61 Å². The summed E-state index contributed by atoms with van der Waals surface area (Å²) in [5.41, 5.74) is 2.08. The van der Waals surface area contributed by atoms with Gasteiger partial charge in [-0.3, -0.25) is 15.1 Å². The molecule has 1 heterocycles. The van der Waals surface area contributed by atoms with E-state index in [9.17, 15) is 31.5 Å². The van der Waals surface area contributed by atoms with E-state index in [0.717, 1.165) is 22.5 Å². The van der Waals surface area contributed by atoms with Crippen LogP contribution in [0, 0.1) is 0 Å². The van der Waals surface area contributed by atoms with Crippen LogP contribution in [-0.2, 0) is 25.8 Å². The van der Waals surface area contributed by atoms with Crippen LogP contribution < -0.4 is 10.8 Å². The van der Waals surface area contributed by atoms with Crippen LogP contribution in [0.1, 0.15) is 25.3 Å². The standard InChI is InChI=1S/C18H24F3N3O5S/c1-2-15(25)11-22-17(26)12-29-23-14-6-8-24(9-7-14)30(27,28)16-5-3-4-13(10-16)18(19,20)21/h3-6,10,15,23,25H,2,7-9,11-12H2,1H3,(H,22,26). The zero-order valence-electron chi connectivity index (χ0n) is 16.3. The fourth-order valence-electron chi connectivity index (χ4n) is 2.56. The molecule has 0 radical (unpaired) electrons. The SMILES string of the molecule is CCC(O)CNC(=O)CONC1=CCN(S(=O)(=O)c2cccc(C(F)(F)F)c2)CC1. The molecular weight excluding hydrogens is 427 g/mol. The average molecular weight is 451 g/mol. The van der Waals surface area contributed by atoms with Gasteiger partial charge in [0, 0.05) is 31.8 Å². The lowest BCUT2D eigenvalue weighted by Gasteiger charge is -2.26. The number of hydrogen-bond acceptors (Lipinski definition) is 6. The van der Waals surface area contributed by atoms with E-state index in [-0.39, 0.29) is 32.7 Å². The molecule has 1 amide bonds. The Morgan fingerprint density at radius 2 is 2.10 bits per heavy atom. The summed E-state index contributed by atoms with van der Waals surface area (Å²) in [6.45, 7) is 1.57. The minimum absolute atomic E-state index is 0.0374. The maximum Gasteiger partial charge on any atom is 0.416 e. The van der Waals surface area contributed by atoms with Crippen molar-refractivity contribution < 1.29 is 36.3 Å². The molecule has 0 saturated carbocycles. The van der Waals surface area contributed by atoms with E-state index in [1.165, 1.54) is 6.08 Å². The van der Waals surface area contributed by atoms with E-state index in [2.05, 4.69) is 10.8 Å². The van der Waals surface area contributed by atoms with Crippen LogP contribution in [0.15, 0.2) is 40.9 Å². The molecule has 8 nitrogen and oxygen atoms in total. The van der Waals surface area contributed by atoms with Crippen LogP contribution in [0.2, 0.25) is 0 Å². The number of hydroxylamine groups is 1. The molecule has 0 bridgehead atoms. The Morgan fingerprint density at radius 1 is 1.37 bits per heavy atom. The van der Waals surface area contributed by atoms with Gasteiger partial charge < -0.3 is 10.4 Å². The molecule has 168 valence electrons. The van der Waals surface area contributed by atoms with E-state index >= 15 is 0 Å². The Labute approximate surface area is 172 Å². The predicted molar refractivity (Wildman–Crippen MR) is 101 cm³/mol. The second-order valence-corrected chi connectivity index (χ2v) is 8.56. The summed E-state index contributed by atoms with van der Waals surface area (Å²) in [7, 11) is -4.09. The highest BCUT2D eigenvalue weighted by Crippen LogP contribution is 2.31. The molecule has 0 saturated heterocycles.